The van der Waals surface area contributed by atoms with Gasteiger partial charge in [0, 0.05) is 0 Å². The molecule has 0 unspecified atom stereocenters. The molecule has 0 fully saturated rings. The molecule has 1 heterocycles. The van der Waals surface area contributed by atoms with Gasteiger partial charge in [-0.1, -0.05) is 24.3 Å². The molecular weight excluding hydrogens is 268 g/mol. The largest absolute Gasteiger partial charge is 0.497 e. The third-order valence-electron chi connectivity index (χ3n) is 3.49. The minimum absolute atomic E-state index is 0.736. The van der Waals surface area contributed by atoms with Crippen molar-refractivity contribution in [1.82, 2.24) is 9.55 Å². The first-order valence-electron chi connectivity index (χ1n) is 6.50. The predicted molar refractivity (Wildman–Crippen MR) is 84.0 cm³/mol. The molecule has 0 saturated heterocycles. The summed E-state index contributed by atoms with van der Waals surface area (Å²) in [5.74, 6) is 0.866. The van der Waals surface area contributed by atoms with E-state index in [9.17, 15) is 0 Å². The summed E-state index contributed by atoms with van der Waals surface area (Å²) in [6, 6.07) is 14.3. The maximum absolute atomic E-state index is 5.45. The van der Waals surface area contributed by atoms with Gasteiger partial charge >= 0.3 is 0 Å². The molecule has 0 saturated carbocycles. The molecule has 0 radical (unpaired) electrons. The van der Waals surface area contributed by atoms with Crippen LogP contribution >= 0.6 is 12.2 Å². The van der Waals surface area contributed by atoms with Gasteiger partial charge in [0.25, 0.3) is 0 Å². The maximum atomic E-state index is 5.45. The molecule has 0 spiro atoms. The number of methoxy groups -OCH3 is 1. The minimum atomic E-state index is 0.736. The summed E-state index contributed by atoms with van der Waals surface area (Å²) in [5, 5.41) is 0. The second-order valence-corrected chi connectivity index (χ2v) is 5.22. The second-order valence-electron chi connectivity index (χ2n) is 4.84. The van der Waals surface area contributed by atoms with Crippen LogP contribution in [0.5, 0.6) is 5.75 Å². The highest BCUT2D eigenvalue weighted by Crippen LogP contribution is 2.20. The summed E-state index contributed by atoms with van der Waals surface area (Å²) in [5.41, 5.74) is 4.62. The summed E-state index contributed by atoms with van der Waals surface area (Å²) >= 11 is 5.45. The Bertz CT molecular complexity index is 817. The molecule has 3 rings (SSSR count). The van der Waals surface area contributed by atoms with Gasteiger partial charge in [0.2, 0.25) is 0 Å². The normalized spacial score (nSPS) is 10.9. The van der Waals surface area contributed by atoms with Gasteiger partial charge in [-0.15, -0.1) is 0 Å². The SMILES string of the molecule is COc1cccc(Cn2c(=S)[nH]c3c(C)cccc32)c1. The van der Waals surface area contributed by atoms with Gasteiger partial charge < -0.3 is 14.3 Å². The van der Waals surface area contributed by atoms with Crippen LogP contribution in [0.3, 0.4) is 0 Å². The molecule has 0 bridgehead atoms. The summed E-state index contributed by atoms with van der Waals surface area (Å²) in [6.07, 6.45) is 0. The minimum Gasteiger partial charge on any atom is -0.497 e. The first-order chi connectivity index (χ1) is 9.69. The van der Waals surface area contributed by atoms with Crippen molar-refractivity contribution in [3.05, 3.63) is 58.4 Å². The predicted octanol–water partition coefficient (Wildman–Crippen LogP) is 4.06. The Morgan fingerprint density at radius 3 is 2.80 bits per heavy atom. The Kier molecular flexibility index (Phi) is 3.32. The zero-order valence-corrected chi connectivity index (χ0v) is 12.3. The highest BCUT2D eigenvalue weighted by Gasteiger charge is 2.07. The number of H-pyrrole nitrogens is 1. The van der Waals surface area contributed by atoms with Gasteiger partial charge in [-0.05, 0) is 48.5 Å². The Labute approximate surface area is 122 Å². The van der Waals surface area contributed by atoms with E-state index in [4.69, 9.17) is 17.0 Å². The molecule has 1 N–H and O–H groups in total. The molecule has 2 aromatic carbocycles. The fourth-order valence-corrected chi connectivity index (χ4v) is 2.70. The molecule has 1 aromatic heterocycles. The molecule has 3 aromatic rings. The van der Waals surface area contributed by atoms with Crippen LogP contribution in [0.2, 0.25) is 0 Å². The van der Waals surface area contributed by atoms with Crippen molar-refractivity contribution in [2.75, 3.05) is 7.11 Å². The molecule has 0 amide bonds. The lowest BCUT2D eigenvalue weighted by Crippen LogP contribution is -2.00. The zero-order chi connectivity index (χ0) is 14.1. The quantitative estimate of drug-likeness (QED) is 0.735. The third-order valence-corrected chi connectivity index (χ3v) is 3.82. The lowest BCUT2D eigenvalue weighted by molar-refractivity contribution is 0.414. The number of rotatable bonds is 3. The molecule has 0 aliphatic rings. The lowest BCUT2D eigenvalue weighted by atomic mass is 10.2. The highest BCUT2D eigenvalue weighted by molar-refractivity contribution is 7.71. The number of benzene rings is 2. The molecule has 0 atom stereocenters. The van der Waals surface area contributed by atoms with Crippen molar-refractivity contribution in [3.8, 4) is 5.75 Å². The standard InChI is InChI=1S/C16H16N2OS/c1-11-5-3-8-14-15(11)17-16(20)18(14)10-12-6-4-7-13(9-12)19-2/h3-9H,10H2,1-2H3,(H,17,20). The van der Waals surface area contributed by atoms with E-state index in [1.165, 1.54) is 11.1 Å². The third kappa shape index (κ3) is 2.23. The molecule has 0 aliphatic heterocycles. The van der Waals surface area contributed by atoms with Crippen molar-refractivity contribution in [3.63, 3.8) is 0 Å². The van der Waals surface area contributed by atoms with E-state index >= 15 is 0 Å². The number of ether oxygens (including phenoxy) is 1. The van der Waals surface area contributed by atoms with Crippen molar-refractivity contribution in [2.24, 2.45) is 0 Å². The van der Waals surface area contributed by atoms with Crippen LogP contribution < -0.4 is 4.74 Å². The van der Waals surface area contributed by atoms with Gasteiger partial charge in [0.05, 0.1) is 24.7 Å². The van der Waals surface area contributed by atoms with E-state index in [1.54, 1.807) is 7.11 Å². The summed E-state index contributed by atoms with van der Waals surface area (Å²) in [4.78, 5) is 3.29. The smallest absolute Gasteiger partial charge is 0.178 e. The van der Waals surface area contributed by atoms with Crippen molar-refractivity contribution in [2.45, 2.75) is 13.5 Å². The fourth-order valence-electron chi connectivity index (χ4n) is 2.43. The number of nitrogens with zero attached hydrogens (tertiary/aromatic N) is 1. The van der Waals surface area contributed by atoms with E-state index in [0.29, 0.717) is 0 Å². The van der Waals surface area contributed by atoms with Crippen molar-refractivity contribution < 1.29 is 4.74 Å². The number of nitrogens with one attached hydrogen (secondary N) is 1. The number of aromatic amines is 1. The molecular formula is C16H16N2OS. The first-order valence-corrected chi connectivity index (χ1v) is 6.91. The van der Waals surface area contributed by atoms with Crippen LogP contribution in [0.25, 0.3) is 11.0 Å². The van der Waals surface area contributed by atoms with Crippen LogP contribution in [0.4, 0.5) is 0 Å². The number of hydrogen-bond donors (Lipinski definition) is 1. The van der Waals surface area contributed by atoms with Gasteiger partial charge in [0.1, 0.15) is 5.75 Å². The molecule has 102 valence electrons. The Hall–Kier alpha value is -2.07. The molecule has 4 heteroatoms. The molecule has 0 aliphatic carbocycles. The average molecular weight is 284 g/mol. The van der Waals surface area contributed by atoms with Gasteiger partial charge in [-0.2, -0.15) is 0 Å². The average Bonchev–Trinajstić information content (AvgIpc) is 2.78. The Morgan fingerprint density at radius 1 is 1.20 bits per heavy atom. The van der Waals surface area contributed by atoms with Crippen LogP contribution in [-0.4, -0.2) is 16.7 Å². The van der Waals surface area contributed by atoms with Crippen LogP contribution in [0, 0.1) is 11.7 Å². The second kappa shape index (κ2) is 5.13. The van der Waals surface area contributed by atoms with E-state index in [2.05, 4.69) is 40.7 Å². The number of aromatic nitrogens is 2. The van der Waals surface area contributed by atoms with Crippen molar-refractivity contribution in [1.29, 1.82) is 0 Å². The van der Waals surface area contributed by atoms with E-state index in [1.807, 2.05) is 18.2 Å². The summed E-state index contributed by atoms with van der Waals surface area (Å²) in [7, 11) is 1.68. The lowest BCUT2D eigenvalue weighted by Gasteiger charge is -2.07. The van der Waals surface area contributed by atoms with Crippen LogP contribution in [0.15, 0.2) is 42.5 Å². The maximum Gasteiger partial charge on any atom is 0.178 e. The van der Waals surface area contributed by atoms with Gasteiger partial charge in [0.15, 0.2) is 4.77 Å². The number of imidazole rings is 1. The van der Waals surface area contributed by atoms with Crippen LogP contribution in [-0.2, 0) is 6.54 Å². The van der Waals surface area contributed by atoms with E-state index in [-0.39, 0.29) is 0 Å². The molecule has 3 nitrogen and oxygen atoms in total. The number of hydrogen-bond acceptors (Lipinski definition) is 2. The van der Waals surface area contributed by atoms with E-state index in [0.717, 1.165) is 28.1 Å². The highest BCUT2D eigenvalue weighted by atomic mass is 32.1. The Morgan fingerprint density at radius 2 is 2.00 bits per heavy atom. The van der Waals surface area contributed by atoms with Crippen LogP contribution in [0.1, 0.15) is 11.1 Å². The van der Waals surface area contributed by atoms with E-state index < -0.39 is 0 Å². The first kappa shape index (κ1) is 12.9. The topological polar surface area (TPSA) is 29.9 Å². The van der Waals surface area contributed by atoms with Crippen molar-refractivity contribution >= 4 is 23.3 Å². The number of fused-ring (bicyclic) bond motifs is 1. The molecule has 20 heavy (non-hydrogen) atoms. The monoisotopic (exact) mass is 284 g/mol. The number of para-hydroxylation sites is 1. The Balaban J connectivity index is 2.08. The van der Waals surface area contributed by atoms with Gasteiger partial charge in [-0.3, -0.25) is 0 Å². The number of aryl methyl sites for hydroxylation is 1. The summed E-state index contributed by atoms with van der Waals surface area (Å²) < 4.78 is 8.13. The zero-order valence-electron chi connectivity index (χ0n) is 11.5. The fraction of sp³-hybridized carbons (Fsp3) is 0.188. The van der Waals surface area contributed by atoms with Gasteiger partial charge in [-0.25, -0.2) is 0 Å². The summed E-state index contributed by atoms with van der Waals surface area (Å²) in [6.45, 7) is 2.82.